The SMILES string of the molecule is CC(O)CNc1ccnc2ccsc12. The summed E-state index contributed by atoms with van der Waals surface area (Å²) in [7, 11) is 0. The zero-order valence-electron chi connectivity index (χ0n) is 7.90. The number of nitrogens with zero attached hydrogens (tertiary/aromatic N) is 1. The Morgan fingerprint density at radius 2 is 2.43 bits per heavy atom. The van der Waals surface area contributed by atoms with Crippen LogP contribution >= 0.6 is 11.3 Å². The van der Waals surface area contributed by atoms with E-state index >= 15 is 0 Å². The van der Waals surface area contributed by atoms with Crippen molar-refractivity contribution in [3.8, 4) is 0 Å². The minimum absolute atomic E-state index is 0.335. The van der Waals surface area contributed by atoms with Crippen molar-refractivity contribution in [1.82, 2.24) is 4.98 Å². The fourth-order valence-electron chi connectivity index (χ4n) is 1.27. The van der Waals surface area contributed by atoms with Crippen LogP contribution in [0.5, 0.6) is 0 Å². The number of aromatic nitrogens is 1. The van der Waals surface area contributed by atoms with Gasteiger partial charge in [0, 0.05) is 12.7 Å². The van der Waals surface area contributed by atoms with Gasteiger partial charge in [-0.05, 0) is 24.4 Å². The predicted octanol–water partition coefficient (Wildman–Crippen LogP) is 2.09. The van der Waals surface area contributed by atoms with Crippen molar-refractivity contribution in [3.63, 3.8) is 0 Å². The molecule has 0 aliphatic carbocycles. The van der Waals surface area contributed by atoms with E-state index < -0.39 is 0 Å². The number of rotatable bonds is 3. The highest BCUT2D eigenvalue weighted by atomic mass is 32.1. The highest BCUT2D eigenvalue weighted by molar-refractivity contribution is 7.17. The quantitative estimate of drug-likeness (QED) is 0.811. The summed E-state index contributed by atoms with van der Waals surface area (Å²) in [5.41, 5.74) is 2.05. The van der Waals surface area contributed by atoms with Crippen LogP contribution < -0.4 is 5.32 Å². The summed E-state index contributed by atoms with van der Waals surface area (Å²) >= 11 is 1.66. The van der Waals surface area contributed by atoms with Gasteiger partial charge in [0.05, 0.1) is 22.0 Å². The number of aliphatic hydroxyl groups is 1. The van der Waals surface area contributed by atoms with Crippen LogP contribution in [0.2, 0.25) is 0 Å². The maximum absolute atomic E-state index is 9.16. The summed E-state index contributed by atoms with van der Waals surface area (Å²) < 4.78 is 1.15. The van der Waals surface area contributed by atoms with Gasteiger partial charge >= 0.3 is 0 Å². The van der Waals surface area contributed by atoms with Gasteiger partial charge < -0.3 is 10.4 Å². The van der Waals surface area contributed by atoms with Gasteiger partial charge in [-0.25, -0.2) is 0 Å². The molecule has 1 atom stereocenters. The van der Waals surface area contributed by atoms with E-state index in [0.717, 1.165) is 15.9 Å². The topological polar surface area (TPSA) is 45.1 Å². The van der Waals surface area contributed by atoms with E-state index in [9.17, 15) is 0 Å². The third-order valence-corrected chi connectivity index (χ3v) is 2.87. The first-order valence-corrected chi connectivity index (χ1v) is 5.39. The van der Waals surface area contributed by atoms with Gasteiger partial charge in [0.25, 0.3) is 0 Å². The summed E-state index contributed by atoms with van der Waals surface area (Å²) in [6, 6.07) is 3.93. The fourth-order valence-corrected chi connectivity index (χ4v) is 2.11. The van der Waals surface area contributed by atoms with E-state index in [2.05, 4.69) is 10.3 Å². The Morgan fingerprint density at radius 1 is 1.57 bits per heavy atom. The summed E-state index contributed by atoms with van der Waals surface area (Å²) in [4.78, 5) is 4.24. The standard InChI is InChI=1S/C10H12N2OS/c1-7(13)6-12-8-2-4-11-9-3-5-14-10(8)9/h2-5,7,13H,6H2,1H3,(H,11,12). The first-order valence-electron chi connectivity index (χ1n) is 4.51. The molecule has 1 unspecified atom stereocenters. The Kier molecular flexibility index (Phi) is 2.65. The zero-order valence-corrected chi connectivity index (χ0v) is 8.71. The van der Waals surface area contributed by atoms with Crippen LogP contribution in [0.25, 0.3) is 10.2 Å². The molecule has 4 heteroatoms. The molecular formula is C10H12N2OS. The van der Waals surface area contributed by atoms with Crippen molar-refractivity contribution in [2.75, 3.05) is 11.9 Å². The first kappa shape index (κ1) is 9.43. The Labute approximate surface area is 86.4 Å². The number of thiophene rings is 1. The highest BCUT2D eigenvalue weighted by Crippen LogP contribution is 2.26. The second-order valence-electron chi connectivity index (χ2n) is 3.22. The molecular weight excluding hydrogens is 196 g/mol. The van der Waals surface area contributed by atoms with Gasteiger partial charge in [0.2, 0.25) is 0 Å². The van der Waals surface area contributed by atoms with Gasteiger partial charge in [0.1, 0.15) is 0 Å². The van der Waals surface area contributed by atoms with Crippen molar-refractivity contribution >= 4 is 27.2 Å². The molecule has 2 rings (SSSR count). The lowest BCUT2D eigenvalue weighted by atomic mass is 10.3. The van der Waals surface area contributed by atoms with E-state index in [4.69, 9.17) is 5.11 Å². The number of fused-ring (bicyclic) bond motifs is 1. The van der Waals surface area contributed by atoms with Crippen molar-refractivity contribution in [3.05, 3.63) is 23.7 Å². The number of nitrogens with one attached hydrogen (secondary N) is 1. The molecule has 0 aliphatic heterocycles. The summed E-state index contributed by atoms with van der Waals surface area (Å²) in [5, 5.41) is 14.4. The molecule has 0 amide bonds. The van der Waals surface area contributed by atoms with Crippen molar-refractivity contribution in [1.29, 1.82) is 0 Å². The summed E-state index contributed by atoms with van der Waals surface area (Å²) in [6.45, 7) is 2.33. The molecule has 2 heterocycles. The van der Waals surface area contributed by atoms with Gasteiger partial charge in [-0.1, -0.05) is 0 Å². The molecule has 0 aliphatic rings. The van der Waals surface area contributed by atoms with Gasteiger partial charge in [-0.2, -0.15) is 0 Å². The molecule has 0 radical (unpaired) electrons. The molecule has 74 valence electrons. The van der Waals surface area contributed by atoms with Crippen LogP contribution in [0.3, 0.4) is 0 Å². The lowest BCUT2D eigenvalue weighted by molar-refractivity contribution is 0.208. The van der Waals surface area contributed by atoms with Crippen LogP contribution in [-0.4, -0.2) is 22.7 Å². The normalized spacial score (nSPS) is 13.0. The molecule has 0 saturated heterocycles. The molecule has 0 bridgehead atoms. The van der Waals surface area contributed by atoms with E-state index in [1.54, 1.807) is 24.5 Å². The Balaban J connectivity index is 2.27. The van der Waals surface area contributed by atoms with Crippen LogP contribution in [0.15, 0.2) is 23.7 Å². The summed E-state index contributed by atoms with van der Waals surface area (Å²) in [6.07, 6.45) is 1.44. The molecule has 2 N–H and O–H groups in total. The molecule has 0 aromatic carbocycles. The molecule has 0 saturated carbocycles. The zero-order chi connectivity index (χ0) is 9.97. The van der Waals surface area contributed by atoms with Gasteiger partial charge in [-0.3, -0.25) is 4.98 Å². The number of pyridine rings is 1. The van der Waals surface area contributed by atoms with Crippen LogP contribution in [0.4, 0.5) is 5.69 Å². The van der Waals surface area contributed by atoms with E-state index in [0.29, 0.717) is 6.54 Å². The van der Waals surface area contributed by atoms with E-state index in [1.807, 2.05) is 17.5 Å². The van der Waals surface area contributed by atoms with Crippen LogP contribution in [0, 0.1) is 0 Å². The third-order valence-electron chi connectivity index (χ3n) is 1.93. The molecule has 2 aromatic rings. The fraction of sp³-hybridized carbons (Fsp3) is 0.300. The Bertz CT molecular complexity index is 425. The van der Waals surface area contributed by atoms with Crippen LogP contribution in [-0.2, 0) is 0 Å². The monoisotopic (exact) mass is 208 g/mol. The Morgan fingerprint density at radius 3 is 3.21 bits per heavy atom. The Hall–Kier alpha value is -1.13. The maximum Gasteiger partial charge on any atom is 0.0830 e. The van der Waals surface area contributed by atoms with Crippen molar-refractivity contribution in [2.24, 2.45) is 0 Å². The number of hydrogen-bond acceptors (Lipinski definition) is 4. The number of hydrogen-bond donors (Lipinski definition) is 2. The lowest BCUT2D eigenvalue weighted by Gasteiger charge is -2.08. The third kappa shape index (κ3) is 1.86. The highest BCUT2D eigenvalue weighted by Gasteiger charge is 2.03. The van der Waals surface area contributed by atoms with E-state index in [-0.39, 0.29) is 6.10 Å². The average Bonchev–Trinajstić information content (AvgIpc) is 2.62. The number of aliphatic hydroxyl groups excluding tert-OH is 1. The smallest absolute Gasteiger partial charge is 0.0830 e. The predicted molar refractivity (Wildman–Crippen MR) is 59.8 cm³/mol. The molecule has 3 nitrogen and oxygen atoms in total. The lowest BCUT2D eigenvalue weighted by Crippen LogP contribution is -2.15. The van der Waals surface area contributed by atoms with Crippen molar-refractivity contribution < 1.29 is 5.11 Å². The summed E-state index contributed by atoms with van der Waals surface area (Å²) in [5.74, 6) is 0. The number of anilines is 1. The maximum atomic E-state index is 9.16. The second-order valence-corrected chi connectivity index (χ2v) is 4.14. The molecule has 2 aromatic heterocycles. The minimum atomic E-state index is -0.335. The first-order chi connectivity index (χ1) is 6.77. The van der Waals surface area contributed by atoms with Crippen LogP contribution in [0.1, 0.15) is 6.92 Å². The molecule has 0 fully saturated rings. The van der Waals surface area contributed by atoms with E-state index in [1.165, 1.54) is 0 Å². The van der Waals surface area contributed by atoms with Gasteiger partial charge in [0.15, 0.2) is 0 Å². The van der Waals surface area contributed by atoms with Crippen molar-refractivity contribution in [2.45, 2.75) is 13.0 Å². The minimum Gasteiger partial charge on any atom is -0.392 e. The molecule has 14 heavy (non-hydrogen) atoms. The van der Waals surface area contributed by atoms with Gasteiger partial charge in [-0.15, -0.1) is 11.3 Å². The molecule has 0 spiro atoms. The average molecular weight is 208 g/mol. The second kappa shape index (κ2) is 3.94. The largest absolute Gasteiger partial charge is 0.392 e.